The molecule has 13 heteroatoms. The minimum absolute atomic E-state index is 0.00607. The van der Waals surface area contributed by atoms with Gasteiger partial charge in [-0.25, -0.2) is 4.98 Å². The van der Waals surface area contributed by atoms with Gasteiger partial charge >= 0.3 is 0 Å². The molecule has 0 saturated heterocycles. The zero-order valence-electron chi connectivity index (χ0n) is 24.7. The van der Waals surface area contributed by atoms with Crippen LogP contribution in [0.3, 0.4) is 0 Å². The Morgan fingerprint density at radius 2 is 1.98 bits per heavy atom. The third-order valence-corrected chi connectivity index (χ3v) is 9.16. The van der Waals surface area contributed by atoms with Crippen LogP contribution < -0.4 is 26.8 Å². The molecule has 3 aromatic rings. The standard InChI is InChI=1S/C30H37N7O5S/c1-17(2)31-24(38)10-6-5-8-21(33-27(41)23-16-43-29-32-18(3)14-37(23)29)26(40)34-22-9-7-11-36(28(22)42)15-25(39)35-30-12-20(13-30)19(30)4/h6-7,9-11,14,16-17,19-21H,5,8,12-13,15H2,1-4H3,(H,31,38)(H,33,41)(H,34,40)(H,35,39)/b10-6+/t19-,20?,21-,30?/m0/s1. The molecule has 0 aliphatic heterocycles. The summed E-state index contributed by atoms with van der Waals surface area (Å²) in [6.45, 7) is 7.50. The number of pyridine rings is 1. The van der Waals surface area contributed by atoms with Crippen LogP contribution in [0.4, 0.5) is 5.69 Å². The number of aromatic nitrogens is 3. The molecule has 2 atom stereocenters. The van der Waals surface area contributed by atoms with Crippen molar-refractivity contribution in [2.75, 3.05) is 5.32 Å². The minimum Gasteiger partial charge on any atom is -0.350 e. The Morgan fingerprint density at radius 1 is 1.21 bits per heavy atom. The second-order valence-electron chi connectivity index (χ2n) is 11.8. The van der Waals surface area contributed by atoms with Crippen molar-refractivity contribution >= 4 is 45.6 Å². The number of aryl methyl sites for hydroxylation is 1. The third kappa shape index (κ3) is 6.41. The van der Waals surface area contributed by atoms with E-state index < -0.39 is 23.4 Å². The lowest BCUT2D eigenvalue weighted by atomic mass is 9.43. The van der Waals surface area contributed by atoms with E-state index in [1.54, 1.807) is 28.1 Å². The summed E-state index contributed by atoms with van der Waals surface area (Å²) in [5, 5.41) is 12.9. The first-order chi connectivity index (χ1) is 20.5. The molecule has 0 radical (unpaired) electrons. The van der Waals surface area contributed by atoms with Gasteiger partial charge in [0.2, 0.25) is 17.7 Å². The number of hydrogen-bond donors (Lipinski definition) is 4. The minimum atomic E-state index is -1.02. The normalized spacial score (nSPS) is 21.2. The summed E-state index contributed by atoms with van der Waals surface area (Å²) in [5.41, 5.74) is 0.411. The number of nitrogens with zero attached hydrogens (tertiary/aromatic N) is 3. The molecule has 6 rings (SSSR count). The van der Waals surface area contributed by atoms with Crippen molar-refractivity contribution in [3.05, 3.63) is 63.8 Å². The molecule has 0 unspecified atom stereocenters. The van der Waals surface area contributed by atoms with Crippen molar-refractivity contribution < 1.29 is 19.2 Å². The van der Waals surface area contributed by atoms with Crippen LogP contribution in [0, 0.1) is 18.8 Å². The topological polar surface area (TPSA) is 156 Å². The number of thiazole rings is 1. The van der Waals surface area contributed by atoms with E-state index in [4.69, 9.17) is 0 Å². The van der Waals surface area contributed by atoms with Crippen LogP contribution in [0.15, 0.2) is 46.9 Å². The maximum atomic E-state index is 13.4. The van der Waals surface area contributed by atoms with Crippen LogP contribution in [0.25, 0.3) is 4.96 Å². The number of imidazole rings is 1. The molecule has 2 bridgehead atoms. The molecular weight excluding hydrogens is 570 g/mol. The lowest BCUT2D eigenvalue weighted by Crippen LogP contribution is -2.74. The molecule has 3 aliphatic carbocycles. The molecule has 3 saturated carbocycles. The number of nitrogens with one attached hydrogen (secondary N) is 4. The van der Waals surface area contributed by atoms with Crippen molar-refractivity contribution in [3.8, 4) is 0 Å². The third-order valence-electron chi connectivity index (χ3n) is 8.32. The number of hydrogen-bond acceptors (Lipinski definition) is 7. The van der Waals surface area contributed by atoms with Gasteiger partial charge in [0.1, 0.15) is 24.0 Å². The fourth-order valence-corrected chi connectivity index (χ4v) is 6.64. The van der Waals surface area contributed by atoms with Crippen molar-refractivity contribution in [2.45, 2.75) is 77.5 Å². The average molecular weight is 608 g/mol. The van der Waals surface area contributed by atoms with E-state index in [0.29, 0.717) is 28.9 Å². The van der Waals surface area contributed by atoms with Gasteiger partial charge in [-0.3, -0.25) is 28.4 Å². The van der Waals surface area contributed by atoms with Crippen LogP contribution in [0.5, 0.6) is 0 Å². The second kappa shape index (κ2) is 12.2. The summed E-state index contributed by atoms with van der Waals surface area (Å²) in [4.78, 5) is 69.6. The van der Waals surface area contributed by atoms with Gasteiger partial charge in [-0.15, -0.1) is 11.3 Å². The first-order valence-corrected chi connectivity index (χ1v) is 15.4. The Bertz CT molecular complexity index is 1650. The van der Waals surface area contributed by atoms with Crippen LogP contribution in [-0.4, -0.2) is 55.2 Å². The quantitative estimate of drug-likeness (QED) is 0.232. The molecule has 3 fully saturated rings. The Morgan fingerprint density at radius 3 is 2.65 bits per heavy atom. The van der Waals surface area contributed by atoms with E-state index in [1.807, 2.05) is 20.8 Å². The number of amides is 4. The van der Waals surface area contributed by atoms with E-state index in [1.165, 1.54) is 34.2 Å². The van der Waals surface area contributed by atoms with Crippen molar-refractivity contribution in [1.29, 1.82) is 0 Å². The first kappa shape index (κ1) is 30.2. The van der Waals surface area contributed by atoms with Crippen LogP contribution in [0.1, 0.15) is 62.6 Å². The average Bonchev–Trinajstić information content (AvgIpc) is 3.48. The van der Waals surface area contributed by atoms with E-state index >= 15 is 0 Å². The monoisotopic (exact) mass is 607 g/mol. The van der Waals surface area contributed by atoms with Crippen LogP contribution in [0.2, 0.25) is 0 Å². The molecule has 0 spiro atoms. The maximum Gasteiger partial charge on any atom is 0.274 e. The molecule has 228 valence electrons. The Balaban J connectivity index is 1.27. The first-order valence-electron chi connectivity index (χ1n) is 14.5. The predicted molar refractivity (Wildman–Crippen MR) is 163 cm³/mol. The van der Waals surface area contributed by atoms with Crippen molar-refractivity contribution in [3.63, 3.8) is 0 Å². The summed E-state index contributed by atoms with van der Waals surface area (Å²) < 4.78 is 2.92. The number of carbonyl (C=O) groups excluding carboxylic acids is 4. The van der Waals surface area contributed by atoms with E-state index in [9.17, 15) is 24.0 Å². The molecule has 0 aromatic carbocycles. The summed E-state index contributed by atoms with van der Waals surface area (Å²) in [6, 6.07) is 2.01. The van der Waals surface area contributed by atoms with Gasteiger partial charge in [0.25, 0.3) is 11.5 Å². The highest BCUT2D eigenvalue weighted by Gasteiger charge is 2.63. The highest BCUT2D eigenvalue weighted by molar-refractivity contribution is 7.15. The number of allylic oxidation sites excluding steroid dienone is 1. The number of fused-ring (bicyclic) bond motifs is 1. The largest absolute Gasteiger partial charge is 0.350 e. The molecule has 4 amide bonds. The van der Waals surface area contributed by atoms with Gasteiger partial charge in [-0.05, 0) is 76.5 Å². The lowest BCUT2D eigenvalue weighted by Gasteiger charge is -2.67. The van der Waals surface area contributed by atoms with Gasteiger partial charge in [0, 0.05) is 29.4 Å². The number of carbonyl (C=O) groups is 4. The molecule has 4 N–H and O–H groups in total. The maximum absolute atomic E-state index is 13.4. The molecule has 12 nitrogen and oxygen atoms in total. The molecular formula is C30H37N7O5S. The summed E-state index contributed by atoms with van der Waals surface area (Å²) in [5.74, 6) is -0.441. The summed E-state index contributed by atoms with van der Waals surface area (Å²) in [6.07, 6.45) is 8.71. The zero-order chi connectivity index (χ0) is 30.9. The Hall–Kier alpha value is -4.26. The van der Waals surface area contributed by atoms with E-state index in [-0.39, 0.29) is 42.0 Å². The smallest absolute Gasteiger partial charge is 0.274 e. The van der Waals surface area contributed by atoms with Crippen LogP contribution >= 0.6 is 11.3 Å². The molecule has 3 aliphatic rings. The number of anilines is 1. The second-order valence-corrected chi connectivity index (χ2v) is 12.7. The summed E-state index contributed by atoms with van der Waals surface area (Å²) in [7, 11) is 0. The number of rotatable bonds is 12. The van der Waals surface area contributed by atoms with Gasteiger partial charge in [0.05, 0.1) is 5.69 Å². The highest BCUT2D eigenvalue weighted by Crippen LogP contribution is 2.61. The Kier molecular flexibility index (Phi) is 8.54. The highest BCUT2D eigenvalue weighted by atomic mass is 32.1. The van der Waals surface area contributed by atoms with E-state index in [2.05, 4.69) is 33.2 Å². The van der Waals surface area contributed by atoms with Crippen molar-refractivity contribution in [2.24, 2.45) is 11.8 Å². The fourth-order valence-electron chi connectivity index (χ4n) is 5.74. The zero-order valence-corrected chi connectivity index (χ0v) is 25.5. The van der Waals surface area contributed by atoms with E-state index in [0.717, 1.165) is 18.5 Å². The van der Waals surface area contributed by atoms with Crippen molar-refractivity contribution in [1.82, 2.24) is 29.9 Å². The van der Waals surface area contributed by atoms with Gasteiger partial charge in [0.15, 0.2) is 4.96 Å². The molecule has 3 heterocycles. The molecule has 3 aromatic heterocycles. The van der Waals surface area contributed by atoms with Crippen LogP contribution in [-0.2, 0) is 20.9 Å². The Labute approximate surface area is 253 Å². The fraction of sp³-hybridized carbons (Fsp3) is 0.467. The predicted octanol–water partition coefficient (Wildman–Crippen LogP) is 2.38. The van der Waals surface area contributed by atoms with Gasteiger partial charge in [-0.1, -0.05) is 13.0 Å². The lowest BCUT2D eigenvalue weighted by molar-refractivity contribution is -0.151. The van der Waals surface area contributed by atoms with Gasteiger partial charge < -0.3 is 25.8 Å². The summed E-state index contributed by atoms with van der Waals surface area (Å²) >= 11 is 1.31. The van der Waals surface area contributed by atoms with Gasteiger partial charge in [-0.2, -0.15) is 0 Å². The SMILES string of the molecule is Cc1cn2c(C(=O)N[C@@H](CC/C=C/C(=O)NC(C)C)C(=O)Nc3cccn(CC(=O)NC45CC(C4)[C@@H]5C)c3=O)csc2n1. The molecule has 43 heavy (non-hydrogen) atoms.